The number of likely N-dealkylation sites (N-methyl/N-ethyl adjacent to an activating group) is 1. The van der Waals surface area contributed by atoms with Gasteiger partial charge in [0.25, 0.3) is 0 Å². The number of imide groups is 1. The Kier molecular flexibility index (Phi) is 4.68. The largest absolute Gasteiger partial charge is 0.337 e. The second kappa shape index (κ2) is 6.47. The second-order valence-corrected chi connectivity index (χ2v) is 4.69. The molecule has 1 aliphatic heterocycles. The van der Waals surface area contributed by atoms with Crippen LogP contribution in [0.25, 0.3) is 0 Å². The molecule has 0 spiro atoms. The smallest absolute Gasteiger partial charge is 0.246 e. The topological polar surface area (TPSA) is 67.2 Å². The zero-order chi connectivity index (χ0) is 13.7. The van der Waals surface area contributed by atoms with E-state index in [4.69, 9.17) is 0 Å². The van der Waals surface area contributed by atoms with Crippen molar-refractivity contribution in [3.05, 3.63) is 18.7 Å². The SMILES string of the molecule is CCN1C(=O)CC(NCCCCn2ccnc2)C1=O. The number of imidazole rings is 1. The van der Waals surface area contributed by atoms with Gasteiger partial charge in [-0.25, -0.2) is 4.98 Å². The van der Waals surface area contributed by atoms with Crippen LogP contribution in [0, 0.1) is 0 Å². The van der Waals surface area contributed by atoms with Crippen LogP contribution in [0.5, 0.6) is 0 Å². The van der Waals surface area contributed by atoms with Crippen LogP contribution >= 0.6 is 0 Å². The predicted molar refractivity (Wildman–Crippen MR) is 70.3 cm³/mol. The van der Waals surface area contributed by atoms with Crippen molar-refractivity contribution in [2.24, 2.45) is 0 Å². The molecule has 0 aromatic carbocycles. The summed E-state index contributed by atoms with van der Waals surface area (Å²) < 4.78 is 2.03. The highest BCUT2D eigenvalue weighted by Gasteiger charge is 2.36. The summed E-state index contributed by atoms with van der Waals surface area (Å²) in [6, 6.07) is -0.319. The number of likely N-dealkylation sites (tertiary alicyclic amines) is 1. The number of carbonyl (C=O) groups excluding carboxylic acids is 2. The predicted octanol–water partition coefficient (Wildman–Crippen LogP) is 0.400. The van der Waals surface area contributed by atoms with Crippen LogP contribution in [0.2, 0.25) is 0 Å². The van der Waals surface area contributed by atoms with Gasteiger partial charge in [-0.2, -0.15) is 0 Å². The van der Waals surface area contributed by atoms with Gasteiger partial charge in [-0.15, -0.1) is 0 Å². The minimum atomic E-state index is -0.319. The summed E-state index contributed by atoms with van der Waals surface area (Å²) in [4.78, 5) is 28.7. The van der Waals surface area contributed by atoms with Gasteiger partial charge in [-0.05, 0) is 26.3 Å². The van der Waals surface area contributed by atoms with Crippen molar-refractivity contribution in [1.29, 1.82) is 0 Å². The van der Waals surface area contributed by atoms with Gasteiger partial charge in [-0.1, -0.05) is 0 Å². The fourth-order valence-corrected chi connectivity index (χ4v) is 2.29. The third-order valence-electron chi connectivity index (χ3n) is 3.35. The molecule has 1 atom stereocenters. The van der Waals surface area contributed by atoms with Crippen molar-refractivity contribution in [3.63, 3.8) is 0 Å². The van der Waals surface area contributed by atoms with Gasteiger partial charge >= 0.3 is 0 Å². The lowest BCUT2D eigenvalue weighted by atomic mass is 10.2. The molecule has 2 heterocycles. The number of aromatic nitrogens is 2. The lowest BCUT2D eigenvalue weighted by Crippen LogP contribution is -2.39. The normalized spacial score (nSPS) is 19.4. The number of unbranched alkanes of at least 4 members (excludes halogenated alkanes) is 1. The number of hydrogen-bond donors (Lipinski definition) is 1. The molecule has 6 nitrogen and oxygen atoms in total. The number of nitrogens with one attached hydrogen (secondary N) is 1. The van der Waals surface area contributed by atoms with Gasteiger partial charge in [0.1, 0.15) is 0 Å². The fraction of sp³-hybridized carbons (Fsp3) is 0.615. The molecular weight excluding hydrogens is 244 g/mol. The molecule has 0 bridgehead atoms. The van der Waals surface area contributed by atoms with E-state index in [1.807, 2.05) is 17.7 Å². The molecule has 1 fully saturated rings. The van der Waals surface area contributed by atoms with E-state index in [0.717, 1.165) is 25.9 Å². The summed E-state index contributed by atoms with van der Waals surface area (Å²) in [5.41, 5.74) is 0. The van der Waals surface area contributed by atoms with Gasteiger partial charge in [0.05, 0.1) is 18.8 Å². The maximum atomic E-state index is 11.8. The molecule has 1 saturated heterocycles. The van der Waals surface area contributed by atoms with Gasteiger partial charge in [0.15, 0.2) is 0 Å². The molecule has 0 radical (unpaired) electrons. The monoisotopic (exact) mass is 264 g/mol. The average molecular weight is 264 g/mol. The van der Waals surface area contributed by atoms with E-state index in [1.165, 1.54) is 4.90 Å². The Labute approximate surface area is 112 Å². The Balaban J connectivity index is 1.64. The Morgan fingerprint density at radius 2 is 2.26 bits per heavy atom. The maximum absolute atomic E-state index is 11.8. The van der Waals surface area contributed by atoms with Crippen LogP contribution in [0.15, 0.2) is 18.7 Å². The Morgan fingerprint density at radius 3 is 2.89 bits per heavy atom. The van der Waals surface area contributed by atoms with Crippen LogP contribution in [-0.4, -0.2) is 45.4 Å². The summed E-state index contributed by atoms with van der Waals surface area (Å²) >= 11 is 0. The highest BCUT2D eigenvalue weighted by Crippen LogP contribution is 2.12. The number of carbonyl (C=O) groups is 2. The molecule has 19 heavy (non-hydrogen) atoms. The molecule has 0 saturated carbocycles. The van der Waals surface area contributed by atoms with Crippen molar-refractivity contribution in [2.75, 3.05) is 13.1 Å². The Morgan fingerprint density at radius 1 is 1.42 bits per heavy atom. The third-order valence-corrected chi connectivity index (χ3v) is 3.35. The van der Waals surface area contributed by atoms with Crippen molar-refractivity contribution in [3.8, 4) is 0 Å². The zero-order valence-corrected chi connectivity index (χ0v) is 11.2. The molecule has 1 unspecified atom stereocenters. The molecule has 2 rings (SSSR count). The standard InChI is InChI=1S/C13H20N4O2/c1-2-17-12(18)9-11(13(17)19)15-5-3-4-7-16-8-6-14-10-16/h6,8,10-11,15H,2-5,7,9H2,1H3. The zero-order valence-electron chi connectivity index (χ0n) is 11.2. The molecule has 1 aromatic rings. The van der Waals surface area contributed by atoms with E-state index in [0.29, 0.717) is 13.0 Å². The quantitative estimate of drug-likeness (QED) is 0.572. The first kappa shape index (κ1) is 13.7. The van der Waals surface area contributed by atoms with Crippen molar-refractivity contribution in [2.45, 2.75) is 38.8 Å². The number of hydrogen-bond acceptors (Lipinski definition) is 4. The van der Waals surface area contributed by atoms with E-state index in [2.05, 4.69) is 10.3 Å². The van der Waals surface area contributed by atoms with E-state index in [1.54, 1.807) is 12.5 Å². The number of amides is 2. The van der Waals surface area contributed by atoms with Crippen LogP contribution in [0.3, 0.4) is 0 Å². The average Bonchev–Trinajstić information content (AvgIpc) is 2.98. The van der Waals surface area contributed by atoms with Gasteiger partial charge < -0.3 is 9.88 Å². The van der Waals surface area contributed by atoms with Crippen molar-refractivity contribution < 1.29 is 9.59 Å². The van der Waals surface area contributed by atoms with Gasteiger partial charge in [0.2, 0.25) is 11.8 Å². The summed E-state index contributed by atoms with van der Waals surface area (Å²) in [6.45, 7) is 3.98. The van der Waals surface area contributed by atoms with Gasteiger partial charge in [0, 0.05) is 25.5 Å². The maximum Gasteiger partial charge on any atom is 0.246 e. The molecule has 1 aliphatic rings. The second-order valence-electron chi connectivity index (χ2n) is 4.69. The number of aryl methyl sites for hydroxylation is 1. The highest BCUT2D eigenvalue weighted by molar-refractivity contribution is 6.05. The molecular formula is C13H20N4O2. The highest BCUT2D eigenvalue weighted by atomic mass is 16.2. The van der Waals surface area contributed by atoms with Crippen molar-refractivity contribution >= 4 is 11.8 Å². The van der Waals surface area contributed by atoms with Crippen LogP contribution in [0.1, 0.15) is 26.2 Å². The van der Waals surface area contributed by atoms with Crippen LogP contribution in [0.4, 0.5) is 0 Å². The minimum Gasteiger partial charge on any atom is -0.337 e. The molecule has 6 heteroatoms. The number of nitrogens with zero attached hydrogens (tertiary/aromatic N) is 3. The first-order valence-corrected chi connectivity index (χ1v) is 6.75. The molecule has 1 N–H and O–H groups in total. The third kappa shape index (κ3) is 3.41. The van der Waals surface area contributed by atoms with Gasteiger partial charge in [-0.3, -0.25) is 14.5 Å². The molecule has 1 aromatic heterocycles. The molecule has 104 valence electrons. The van der Waals surface area contributed by atoms with Crippen LogP contribution < -0.4 is 5.32 Å². The Hall–Kier alpha value is -1.69. The van der Waals surface area contributed by atoms with E-state index in [-0.39, 0.29) is 17.9 Å². The summed E-state index contributed by atoms with van der Waals surface area (Å²) in [5, 5.41) is 3.17. The lowest BCUT2D eigenvalue weighted by Gasteiger charge is -2.13. The lowest BCUT2D eigenvalue weighted by molar-refractivity contribution is -0.138. The molecule has 2 amide bonds. The first-order valence-electron chi connectivity index (χ1n) is 6.75. The summed E-state index contributed by atoms with van der Waals surface area (Å²) in [7, 11) is 0. The van der Waals surface area contributed by atoms with E-state index >= 15 is 0 Å². The van der Waals surface area contributed by atoms with Crippen LogP contribution in [-0.2, 0) is 16.1 Å². The Bertz CT molecular complexity index is 430. The van der Waals surface area contributed by atoms with Crippen molar-refractivity contribution in [1.82, 2.24) is 19.8 Å². The summed E-state index contributed by atoms with van der Waals surface area (Å²) in [5.74, 6) is -0.148. The first-order chi connectivity index (χ1) is 9.22. The number of rotatable bonds is 7. The molecule has 0 aliphatic carbocycles. The summed E-state index contributed by atoms with van der Waals surface area (Å²) in [6.07, 6.45) is 7.80. The van der Waals surface area contributed by atoms with E-state index in [9.17, 15) is 9.59 Å². The van der Waals surface area contributed by atoms with E-state index < -0.39 is 0 Å². The minimum absolute atomic E-state index is 0.0663. The fourth-order valence-electron chi connectivity index (χ4n) is 2.29.